The number of aromatic nitrogens is 2. The lowest BCUT2D eigenvalue weighted by Gasteiger charge is -2.12. The van der Waals surface area contributed by atoms with Gasteiger partial charge in [-0.25, -0.2) is 4.98 Å². The van der Waals surface area contributed by atoms with E-state index in [1.807, 2.05) is 0 Å². The molecule has 0 bridgehead atoms. The van der Waals surface area contributed by atoms with Gasteiger partial charge < -0.3 is 19.7 Å². The van der Waals surface area contributed by atoms with Crippen LogP contribution in [0.5, 0.6) is 11.5 Å². The lowest BCUT2D eigenvalue weighted by Crippen LogP contribution is -2.26. The second-order valence-corrected chi connectivity index (χ2v) is 6.92. The topological polar surface area (TPSA) is 111 Å². The van der Waals surface area contributed by atoms with Gasteiger partial charge in [0.25, 0.3) is 11.5 Å². The van der Waals surface area contributed by atoms with Crippen molar-refractivity contribution in [2.75, 3.05) is 6.54 Å². The zero-order valence-corrected chi connectivity index (χ0v) is 16.6. The third kappa shape index (κ3) is 4.67. The number of carboxylic acid groups (broad SMARTS) is 1. The summed E-state index contributed by atoms with van der Waals surface area (Å²) in [6.07, 6.45) is 1.21. The van der Waals surface area contributed by atoms with Gasteiger partial charge in [0.2, 0.25) is 0 Å². The molecule has 2 N–H and O–H groups in total. The van der Waals surface area contributed by atoms with E-state index in [4.69, 9.17) is 33.0 Å². The maximum absolute atomic E-state index is 12.1. The zero-order valence-electron chi connectivity index (χ0n) is 15.1. The first-order valence-electron chi connectivity index (χ1n) is 8.38. The monoisotopic (exact) mass is 435 g/mol. The number of aliphatic carboxylic acids is 1. The lowest BCUT2D eigenvalue weighted by molar-refractivity contribution is -0.136. The van der Waals surface area contributed by atoms with Crippen molar-refractivity contribution in [3.8, 4) is 11.5 Å². The Morgan fingerprint density at radius 2 is 1.90 bits per heavy atom. The van der Waals surface area contributed by atoms with Crippen molar-refractivity contribution >= 4 is 46.0 Å². The number of aryl methyl sites for hydroxylation is 1. The van der Waals surface area contributed by atoms with Crippen LogP contribution in [0.15, 0.2) is 41.5 Å². The summed E-state index contributed by atoms with van der Waals surface area (Å²) in [7, 11) is 1.61. The summed E-state index contributed by atoms with van der Waals surface area (Å²) in [4.78, 5) is 38.9. The van der Waals surface area contributed by atoms with Gasteiger partial charge in [0, 0.05) is 25.2 Å². The van der Waals surface area contributed by atoms with Crippen LogP contribution in [0.3, 0.4) is 0 Å². The van der Waals surface area contributed by atoms with E-state index >= 15 is 0 Å². The standard InChI is InChI=1S/C19H15Cl2N3O5/c1-24-9-23-15-8-11(2-3-12(15)19(24)28)29-17-13(20)6-10(7-14(17)21)18(27)22-5-4-16(25)26/h2-3,6-9H,4-5H2,1H3,(H,22,27)(H,25,26). The molecule has 10 heteroatoms. The minimum atomic E-state index is -1.02. The summed E-state index contributed by atoms with van der Waals surface area (Å²) in [6, 6.07) is 7.49. The van der Waals surface area contributed by atoms with E-state index < -0.39 is 11.9 Å². The molecule has 0 fully saturated rings. The van der Waals surface area contributed by atoms with Crippen molar-refractivity contribution < 1.29 is 19.4 Å². The molecule has 150 valence electrons. The number of carbonyl (C=O) groups is 2. The Bertz CT molecular complexity index is 1150. The SMILES string of the molecule is Cn1cnc2cc(Oc3c(Cl)cc(C(=O)NCCC(=O)O)cc3Cl)ccc2c1=O. The van der Waals surface area contributed by atoms with Crippen LogP contribution < -0.4 is 15.6 Å². The number of benzene rings is 2. The number of carboxylic acids is 1. The van der Waals surface area contributed by atoms with Crippen molar-refractivity contribution in [1.29, 1.82) is 0 Å². The highest BCUT2D eigenvalue weighted by molar-refractivity contribution is 6.37. The zero-order chi connectivity index (χ0) is 21.1. The van der Waals surface area contributed by atoms with Crippen LogP contribution in [-0.4, -0.2) is 33.1 Å². The van der Waals surface area contributed by atoms with Crippen LogP contribution in [0.4, 0.5) is 0 Å². The summed E-state index contributed by atoms with van der Waals surface area (Å²) >= 11 is 12.4. The fraction of sp³-hybridized carbons (Fsp3) is 0.158. The first-order valence-corrected chi connectivity index (χ1v) is 9.14. The summed E-state index contributed by atoms with van der Waals surface area (Å²) in [6.45, 7) is -0.0226. The molecule has 0 spiro atoms. The number of carbonyl (C=O) groups excluding carboxylic acids is 1. The van der Waals surface area contributed by atoms with Crippen LogP contribution in [0.1, 0.15) is 16.8 Å². The van der Waals surface area contributed by atoms with Crippen LogP contribution in [0, 0.1) is 0 Å². The summed E-state index contributed by atoms with van der Waals surface area (Å²) in [5.41, 5.74) is 0.435. The van der Waals surface area contributed by atoms with E-state index in [0.29, 0.717) is 16.7 Å². The predicted octanol–water partition coefficient (Wildman–Crippen LogP) is 3.24. The normalized spacial score (nSPS) is 10.7. The molecule has 1 heterocycles. The Morgan fingerprint density at radius 3 is 2.55 bits per heavy atom. The molecule has 3 aromatic rings. The van der Waals surface area contributed by atoms with Crippen LogP contribution in [0.25, 0.3) is 10.9 Å². The van der Waals surface area contributed by atoms with Crippen molar-refractivity contribution in [3.05, 3.63) is 62.6 Å². The number of hydrogen-bond donors (Lipinski definition) is 2. The molecule has 0 unspecified atom stereocenters. The predicted molar refractivity (Wildman–Crippen MR) is 108 cm³/mol. The lowest BCUT2D eigenvalue weighted by atomic mass is 10.2. The van der Waals surface area contributed by atoms with Crippen LogP contribution in [-0.2, 0) is 11.8 Å². The molecule has 2 aromatic carbocycles. The highest BCUT2D eigenvalue weighted by atomic mass is 35.5. The smallest absolute Gasteiger partial charge is 0.305 e. The summed E-state index contributed by atoms with van der Waals surface area (Å²) in [5, 5.41) is 11.7. The molecule has 1 amide bonds. The molecular weight excluding hydrogens is 421 g/mol. The highest BCUT2D eigenvalue weighted by Gasteiger charge is 2.16. The summed E-state index contributed by atoms with van der Waals surface area (Å²) in [5.74, 6) is -1.03. The number of rotatable bonds is 6. The average molecular weight is 436 g/mol. The van der Waals surface area contributed by atoms with Gasteiger partial charge in [-0.05, 0) is 24.3 Å². The highest BCUT2D eigenvalue weighted by Crippen LogP contribution is 2.37. The fourth-order valence-corrected chi connectivity index (χ4v) is 3.11. The van der Waals surface area contributed by atoms with Gasteiger partial charge in [-0.15, -0.1) is 0 Å². The minimum absolute atomic E-state index is 0.0226. The number of fused-ring (bicyclic) bond motifs is 1. The van der Waals surface area contributed by atoms with Gasteiger partial charge in [0.05, 0.1) is 33.7 Å². The third-order valence-corrected chi connectivity index (χ3v) is 4.56. The van der Waals surface area contributed by atoms with Gasteiger partial charge in [-0.2, -0.15) is 0 Å². The van der Waals surface area contributed by atoms with Gasteiger partial charge in [-0.3, -0.25) is 14.4 Å². The van der Waals surface area contributed by atoms with Gasteiger partial charge in [0.15, 0.2) is 5.75 Å². The van der Waals surface area contributed by atoms with Gasteiger partial charge in [0.1, 0.15) is 5.75 Å². The van der Waals surface area contributed by atoms with E-state index in [9.17, 15) is 14.4 Å². The molecule has 8 nitrogen and oxygen atoms in total. The molecule has 0 saturated heterocycles. The van der Waals surface area contributed by atoms with Crippen LogP contribution in [0.2, 0.25) is 10.0 Å². The van der Waals surface area contributed by atoms with E-state index in [0.717, 1.165) is 0 Å². The first-order chi connectivity index (χ1) is 13.8. The number of nitrogens with zero attached hydrogens (tertiary/aromatic N) is 2. The maximum atomic E-state index is 12.1. The first kappa shape index (κ1) is 20.6. The van der Waals surface area contributed by atoms with Gasteiger partial charge >= 0.3 is 5.97 Å². The molecule has 1 aromatic heterocycles. The Labute approximate surface area is 174 Å². The van der Waals surface area contributed by atoms with E-state index in [2.05, 4.69) is 10.3 Å². The average Bonchev–Trinajstić information content (AvgIpc) is 2.67. The van der Waals surface area contributed by atoms with Gasteiger partial charge in [-0.1, -0.05) is 23.2 Å². The number of ether oxygens (including phenoxy) is 1. The van der Waals surface area contributed by atoms with Crippen molar-refractivity contribution in [2.24, 2.45) is 7.05 Å². The number of halogens is 2. The largest absolute Gasteiger partial charge is 0.481 e. The quantitative estimate of drug-likeness (QED) is 0.614. The molecule has 0 aliphatic carbocycles. The maximum Gasteiger partial charge on any atom is 0.305 e. The fourth-order valence-electron chi connectivity index (χ4n) is 2.55. The summed E-state index contributed by atoms with van der Waals surface area (Å²) < 4.78 is 7.12. The molecular formula is C19H15Cl2N3O5. The second-order valence-electron chi connectivity index (χ2n) is 6.11. The van der Waals surface area contributed by atoms with Crippen LogP contribution >= 0.6 is 23.2 Å². The molecule has 0 aliphatic heterocycles. The minimum Gasteiger partial charge on any atom is -0.481 e. The molecule has 3 rings (SSSR count). The number of amides is 1. The van der Waals surface area contributed by atoms with E-state index in [1.54, 1.807) is 25.2 Å². The van der Waals surface area contributed by atoms with Crippen molar-refractivity contribution in [2.45, 2.75) is 6.42 Å². The Hall–Kier alpha value is -3.10. The molecule has 0 aliphatic rings. The van der Waals surface area contributed by atoms with E-state index in [-0.39, 0.29) is 39.9 Å². The number of hydrogen-bond acceptors (Lipinski definition) is 5. The molecule has 0 radical (unpaired) electrons. The molecule has 0 saturated carbocycles. The Balaban J connectivity index is 1.83. The van der Waals surface area contributed by atoms with Crippen molar-refractivity contribution in [1.82, 2.24) is 14.9 Å². The van der Waals surface area contributed by atoms with E-state index in [1.165, 1.54) is 23.0 Å². The second kappa shape index (κ2) is 8.50. The number of nitrogens with one attached hydrogen (secondary N) is 1. The molecule has 0 atom stereocenters. The Morgan fingerprint density at radius 1 is 1.21 bits per heavy atom. The molecule has 29 heavy (non-hydrogen) atoms. The third-order valence-electron chi connectivity index (χ3n) is 3.99. The Kier molecular flexibility index (Phi) is 6.05. The van der Waals surface area contributed by atoms with Crippen molar-refractivity contribution in [3.63, 3.8) is 0 Å².